The summed E-state index contributed by atoms with van der Waals surface area (Å²) in [7, 11) is 1.56. The molecule has 0 radical (unpaired) electrons. The Morgan fingerprint density at radius 3 is 2.74 bits per heavy atom. The van der Waals surface area contributed by atoms with Crippen molar-refractivity contribution in [1.82, 2.24) is 0 Å². The first kappa shape index (κ1) is 13.5. The molecule has 1 aliphatic rings. The summed E-state index contributed by atoms with van der Waals surface area (Å²) < 4.78 is 10.4. The molecule has 0 saturated heterocycles. The highest BCUT2D eigenvalue weighted by molar-refractivity contribution is 6.52. The molecule has 102 valence electrons. The van der Waals surface area contributed by atoms with E-state index in [4.69, 9.17) is 9.47 Å². The first-order valence-corrected chi connectivity index (χ1v) is 6.31. The van der Waals surface area contributed by atoms with Crippen LogP contribution in [0.4, 0.5) is 5.69 Å². The molecule has 1 aliphatic heterocycles. The summed E-state index contributed by atoms with van der Waals surface area (Å²) in [5, 5.41) is 0. The van der Waals surface area contributed by atoms with E-state index in [0.717, 1.165) is 0 Å². The van der Waals surface area contributed by atoms with Crippen molar-refractivity contribution < 1.29 is 19.1 Å². The van der Waals surface area contributed by atoms with Gasteiger partial charge in [-0.15, -0.1) is 0 Å². The zero-order valence-electron chi connectivity index (χ0n) is 11.1. The third kappa shape index (κ3) is 2.61. The number of anilines is 1. The van der Waals surface area contributed by atoms with E-state index in [-0.39, 0.29) is 0 Å². The Morgan fingerprint density at radius 1 is 1.26 bits per heavy atom. The molecule has 1 amide bonds. The molecular formula is C14H17NO4. The molecule has 0 aromatic heterocycles. The van der Waals surface area contributed by atoms with Gasteiger partial charge in [0.15, 0.2) is 0 Å². The lowest BCUT2D eigenvalue weighted by Crippen LogP contribution is -2.31. The third-order valence-electron chi connectivity index (χ3n) is 3.05. The highest BCUT2D eigenvalue weighted by Gasteiger charge is 2.35. The Bertz CT molecular complexity index is 498. The molecular weight excluding hydrogens is 246 g/mol. The lowest BCUT2D eigenvalue weighted by atomic mass is 10.1. The van der Waals surface area contributed by atoms with Crippen LogP contribution in [0.5, 0.6) is 5.75 Å². The van der Waals surface area contributed by atoms with Gasteiger partial charge in [-0.3, -0.25) is 9.59 Å². The summed E-state index contributed by atoms with van der Waals surface area (Å²) >= 11 is 0. The van der Waals surface area contributed by atoms with Gasteiger partial charge < -0.3 is 14.4 Å². The minimum atomic E-state index is -0.472. The average molecular weight is 263 g/mol. The number of carbonyl (C=O) groups is 2. The fourth-order valence-electron chi connectivity index (χ4n) is 2.09. The number of Topliss-reactive ketones (excluding diaryl/α,β-unsaturated/α-hetero) is 1. The van der Waals surface area contributed by atoms with Crippen molar-refractivity contribution in [2.45, 2.75) is 13.3 Å². The number of hydrogen-bond donors (Lipinski definition) is 0. The largest absolute Gasteiger partial charge is 0.497 e. The van der Waals surface area contributed by atoms with Gasteiger partial charge in [0, 0.05) is 25.8 Å². The molecule has 0 atom stereocenters. The molecule has 2 rings (SSSR count). The van der Waals surface area contributed by atoms with Crippen molar-refractivity contribution in [1.29, 1.82) is 0 Å². The molecule has 0 spiro atoms. The van der Waals surface area contributed by atoms with Crippen LogP contribution in [-0.4, -0.2) is 38.6 Å². The second-order valence-corrected chi connectivity index (χ2v) is 4.22. The molecule has 5 nitrogen and oxygen atoms in total. The SMILES string of the molecule is CCOCCCN1C(=O)C(=O)c2ccc(OC)cc21. The Balaban J connectivity index is 2.17. The van der Waals surface area contributed by atoms with Gasteiger partial charge >= 0.3 is 0 Å². The van der Waals surface area contributed by atoms with E-state index in [9.17, 15) is 9.59 Å². The number of ketones is 1. The Hall–Kier alpha value is -1.88. The standard InChI is InChI=1S/C14H17NO4/c1-3-19-8-4-7-15-12-9-10(18-2)5-6-11(12)13(16)14(15)17/h5-6,9H,3-4,7-8H2,1-2H3. The van der Waals surface area contributed by atoms with Crippen LogP contribution in [0.15, 0.2) is 18.2 Å². The molecule has 1 aromatic rings. The molecule has 1 aromatic carbocycles. The Labute approximate surface area is 112 Å². The number of benzene rings is 1. The van der Waals surface area contributed by atoms with Gasteiger partial charge in [0.25, 0.3) is 11.7 Å². The summed E-state index contributed by atoms with van der Waals surface area (Å²) in [6, 6.07) is 5.05. The molecule has 0 unspecified atom stereocenters. The van der Waals surface area contributed by atoms with E-state index >= 15 is 0 Å². The minimum Gasteiger partial charge on any atom is -0.497 e. The molecule has 0 bridgehead atoms. The zero-order chi connectivity index (χ0) is 13.8. The lowest BCUT2D eigenvalue weighted by Gasteiger charge is -2.16. The molecule has 0 N–H and O–H groups in total. The molecule has 5 heteroatoms. The highest BCUT2D eigenvalue weighted by Crippen LogP contribution is 2.32. The van der Waals surface area contributed by atoms with Crippen LogP contribution < -0.4 is 9.64 Å². The summed E-state index contributed by atoms with van der Waals surface area (Å²) in [6.07, 6.45) is 0.698. The number of amides is 1. The smallest absolute Gasteiger partial charge is 0.299 e. The van der Waals surface area contributed by atoms with Crippen LogP contribution in [-0.2, 0) is 9.53 Å². The normalized spacial score (nSPS) is 13.9. The quantitative estimate of drug-likeness (QED) is 0.578. The Morgan fingerprint density at radius 2 is 2.05 bits per heavy atom. The van der Waals surface area contributed by atoms with Gasteiger partial charge in [-0.2, -0.15) is 0 Å². The fourth-order valence-corrected chi connectivity index (χ4v) is 2.09. The molecule has 0 saturated carbocycles. The van der Waals surface area contributed by atoms with E-state index in [1.54, 1.807) is 25.3 Å². The minimum absolute atomic E-state index is 0.446. The topological polar surface area (TPSA) is 55.8 Å². The van der Waals surface area contributed by atoms with Gasteiger partial charge in [-0.05, 0) is 25.5 Å². The summed E-state index contributed by atoms with van der Waals surface area (Å²) in [6.45, 7) is 3.63. The van der Waals surface area contributed by atoms with E-state index in [0.29, 0.717) is 43.2 Å². The van der Waals surface area contributed by atoms with E-state index < -0.39 is 11.7 Å². The van der Waals surface area contributed by atoms with E-state index in [2.05, 4.69) is 0 Å². The number of rotatable bonds is 6. The molecule has 1 heterocycles. The predicted molar refractivity (Wildman–Crippen MR) is 70.8 cm³/mol. The highest BCUT2D eigenvalue weighted by atomic mass is 16.5. The second kappa shape index (κ2) is 5.84. The van der Waals surface area contributed by atoms with Crippen LogP contribution in [0.2, 0.25) is 0 Å². The second-order valence-electron chi connectivity index (χ2n) is 4.22. The molecule has 19 heavy (non-hydrogen) atoms. The first-order valence-electron chi connectivity index (χ1n) is 6.31. The number of hydrogen-bond acceptors (Lipinski definition) is 4. The number of nitrogens with zero attached hydrogens (tertiary/aromatic N) is 1. The number of fused-ring (bicyclic) bond motifs is 1. The van der Waals surface area contributed by atoms with Crippen LogP contribution in [0.25, 0.3) is 0 Å². The van der Waals surface area contributed by atoms with E-state index in [1.807, 2.05) is 6.92 Å². The van der Waals surface area contributed by atoms with Crippen LogP contribution in [0, 0.1) is 0 Å². The number of ether oxygens (including phenoxy) is 2. The maximum absolute atomic E-state index is 11.9. The number of carbonyl (C=O) groups excluding carboxylic acids is 2. The van der Waals surface area contributed by atoms with Crippen LogP contribution >= 0.6 is 0 Å². The van der Waals surface area contributed by atoms with Gasteiger partial charge in [-0.25, -0.2) is 0 Å². The predicted octanol–water partition coefficient (Wildman–Crippen LogP) is 1.65. The molecule has 0 fully saturated rings. The fraction of sp³-hybridized carbons (Fsp3) is 0.429. The van der Waals surface area contributed by atoms with Crippen molar-refractivity contribution >= 4 is 17.4 Å². The van der Waals surface area contributed by atoms with E-state index in [1.165, 1.54) is 4.90 Å². The van der Waals surface area contributed by atoms with Crippen molar-refractivity contribution in [3.05, 3.63) is 23.8 Å². The maximum Gasteiger partial charge on any atom is 0.299 e. The number of methoxy groups -OCH3 is 1. The zero-order valence-corrected chi connectivity index (χ0v) is 11.1. The van der Waals surface area contributed by atoms with Gasteiger partial charge in [0.1, 0.15) is 5.75 Å². The summed E-state index contributed by atoms with van der Waals surface area (Å²) in [5.41, 5.74) is 1.08. The lowest BCUT2D eigenvalue weighted by molar-refractivity contribution is -0.114. The summed E-state index contributed by atoms with van der Waals surface area (Å²) in [5.74, 6) is -0.287. The van der Waals surface area contributed by atoms with Crippen molar-refractivity contribution in [3.63, 3.8) is 0 Å². The van der Waals surface area contributed by atoms with Crippen LogP contribution in [0.1, 0.15) is 23.7 Å². The maximum atomic E-state index is 11.9. The molecule has 0 aliphatic carbocycles. The third-order valence-corrected chi connectivity index (χ3v) is 3.05. The average Bonchev–Trinajstić information content (AvgIpc) is 2.67. The first-order chi connectivity index (χ1) is 9.19. The summed E-state index contributed by atoms with van der Waals surface area (Å²) in [4.78, 5) is 25.3. The van der Waals surface area contributed by atoms with Crippen molar-refractivity contribution in [3.8, 4) is 5.75 Å². The van der Waals surface area contributed by atoms with Gasteiger partial charge in [-0.1, -0.05) is 0 Å². The van der Waals surface area contributed by atoms with Gasteiger partial charge in [0.05, 0.1) is 18.4 Å². The Kier molecular flexibility index (Phi) is 4.16. The monoisotopic (exact) mass is 263 g/mol. The van der Waals surface area contributed by atoms with Crippen LogP contribution in [0.3, 0.4) is 0 Å². The van der Waals surface area contributed by atoms with Crippen molar-refractivity contribution in [2.75, 3.05) is 31.8 Å². The van der Waals surface area contributed by atoms with Crippen molar-refractivity contribution in [2.24, 2.45) is 0 Å². The van der Waals surface area contributed by atoms with Gasteiger partial charge in [0.2, 0.25) is 0 Å².